The van der Waals surface area contributed by atoms with Gasteiger partial charge in [0.25, 0.3) is 13.9 Å². The maximum absolute atomic E-state index is 13.3. The first kappa shape index (κ1) is 32.5. The monoisotopic (exact) mass is 626 g/mol. The fraction of sp³-hybridized carbons (Fsp3) is 0.361. The van der Waals surface area contributed by atoms with Crippen LogP contribution in [0.2, 0.25) is 5.04 Å². The Morgan fingerprint density at radius 2 is 1.53 bits per heavy atom. The molecule has 0 spiro atoms. The van der Waals surface area contributed by atoms with Crippen LogP contribution in [0.5, 0.6) is 0 Å². The van der Waals surface area contributed by atoms with Gasteiger partial charge in [-0.1, -0.05) is 112 Å². The quantitative estimate of drug-likeness (QED) is 0.186. The first-order valence-corrected chi connectivity index (χ1v) is 17.3. The number of nitrogens with one attached hydrogen (secondary N) is 1. The largest absolute Gasteiger partial charge is 0.405 e. The van der Waals surface area contributed by atoms with Crippen molar-refractivity contribution < 1.29 is 18.7 Å². The zero-order valence-electron chi connectivity index (χ0n) is 26.4. The van der Waals surface area contributed by atoms with Gasteiger partial charge in [0.05, 0.1) is 25.9 Å². The molecule has 5 rings (SSSR count). The average Bonchev–Trinajstić information content (AvgIpc) is 3.38. The van der Waals surface area contributed by atoms with E-state index in [9.17, 15) is 14.4 Å². The Labute approximate surface area is 265 Å². The Bertz CT molecular complexity index is 1640. The summed E-state index contributed by atoms with van der Waals surface area (Å²) in [6.07, 6.45) is 2.46. The van der Waals surface area contributed by atoms with E-state index in [2.05, 4.69) is 50.0 Å². The van der Waals surface area contributed by atoms with Crippen LogP contribution < -0.4 is 21.6 Å². The highest BCUT2D eigenvalue weighted by Gasteiger charge is 2.53. The Morgan fingerprint density at radius 1 is 0.956 bits per heavy atom. The number of carbonyl (C=O) groups excluding carboxylic acids is 1. The van der Waals surface area contributed by atoms with Gasteiger partial charge < -0.3 is 18.7 Å². The lowest BCUT2D eigenvalue weighted by atomic mass is 9.94. The normalized spacial score (nSPS) is 20.3. The molecule has 0 saturated carbocycles. The lowest BCUT2D eigenvalue weighted by Crippen LogP contribution is -2.67. The van der Waals surface area contributed by atoms with E-state index in [1.165, 1.54) is 10.8 Å². The molecule has 0 bridgehead atoms. The van der Waals surface area contributed by atoms with Crippen molar-refractivity contribution in [1.29, 1.82) is 0 Å². The Morgan fingerprint density at radius 3 is 2.09 bits per heavy atom. The number of hydrogen-bond donors (Lipinski definition) is 1. The average molecular weight is 627 g/mol. The summed E-state index contributed by atoms with van der Waals surface area (Å²) in [6, 6.07) is 30.4. The van der Waals surface area contributed by atoms with Crippen LogP contribution in [-0.4, -0.2) is 43.5 Å². The SMILES string of the molecule is Cc1cn([C@@]2(COCc3ccccc3)C[C@H](CC=O)[C@@H](CO[Si](c3ccccc3)(c3ccccc3)C(C)(C)C)O2)c(=O)[nH]c1=O. The van der Waals surface area contributed by atoms with Gasteiger partial charge in [-0.2, -0.15) is 0 Å². The van der Waals surface area contributed by atoms with E-state index >= 15 is 0 Å². The Kier molecular flexibility index (Phi) is 9.84. The van der Waals surface area contributed by atoms with Crippen molar-refractivity contribution in [3.8, 4) is 0 Å². The second-order valence-corrected chi connectivity index (χ2v) is 17.2. The summed E-state index contributed by atoms with van der Waals surface area (Å²) >= 11 is 0. The van der Waals surface area contributed by atoms with Gasteiger partial charge in [0.15, 0.2) is 5.72 Å². The summed E-state index contributed by atoms with van der Waals surface area (Å²) in [4.78, 5) is 40.0. The van der Waals surface area contributed by atoms with Gasteiger partial charge in [-0.3, -0.25) is 14.3 Å². The molecule has 236 valence electrons. The third kappa shape index (κ3) is 6.72. The molecule has 4 aromatic rings. The van der Waals surface area contributed by atoms with Crippen LogP contribution in [0.4, 0.5) is 0 Å². The second-order valence-electron chi connectivity index (χ2n) is 12.9. The number of benzene rings is 3. The molecule has 45 heavy (non-hydrogen) atoms. The van der Waals surface area contributed by atoms with Crippen LogP contribution in [0.3, 0.4) is 0 Å². The summed E-state index contributed by atoms with van der Waals surface area (Å²) < 4.78 is 21.7. The standard InChI is InChI=1S/C36H42N2O6Si/c1-27-23-38(34(41)37-33(27)40)36(26-42-24-28-14-8-5-9-15-28)22-29(20-21-39)32(44-36)25-43-45(35(2,3)4,30-16-10-6-11-17-30)31-18-12-7-13-19-31/h5-19,21,23,29,32H,20,22,24-26H2,1-4H3,(H,37,40,41)/t29-,32+,36-/m0/s1. The van der Waals surface area contributed by atoms with Crippen LogP contribution >= 0.6 is 0 Å². The molecule has 2 heterocycles. The maximum Gasteiger partial charge on any atom is 0.330 e. The van der Waals surface area contributed by atoms with Crippen molar-refractivity contribution >= 4 is 25.0 Å². The molecule has 1 N–H and O–H groups in total. The van der Waals surface area contributed by atoms with Gasteiger partial charge in [-0.25, -0.2) is 4.79 Å². The van der Waals surface area contributed by atoms with E-state index in [0.717, 1.165) is 22.2 Å². The molecule has 1 aliphatic rings. The second kappa shape index (κ2) is 13.6. The number of hydrogen-bond acceptors (Lipinski definition) is 6. The highest BCUT2D eigenvalue weighted by Crippen LogP contribution is 2.42. The Balaban J connectivity index is 1.53. The lowest BCUT2D eigenvalue weighted by Gasteiger charge is -2.43. The summed E-state index contributed by atoms with van der Waals surface area (Å²) in [5.74, 6) is -0.250. The zero-order chi connectivity index (χ0) is 32.1. The van der Waals surface area contributed by atoms with E-state index < -0.39 is 31.4 Å². The molecule has 9 heteroatoms. The summed E-state index contributed by atoms with van der Waals surface area (Å²) in [6.45, 7) is 8.84. The first-order valence-electron chi connectivity index (χ1n) is 15.4. The number of aldehydes is 1. The Hall–Kier alpha value is -3.89. The number of nitrogens with zero attached hydrogens (tertiary/aromatic N) is 1. The van der Waals surface area contributed by atoms with Crippen LogP contribution in [0.1, 0.15) is 44.7 Å². The summed E-state index contributed by atoms with van der Waals surface area (Å²) in [5.41, 5.74) is -0.947. The van der Waals surface area contributed by atoms with E-state index in [1.54, 1.807) is 6.92 Å². The van der Waals surface area contributed by atoms with Gasteiger partial charge in [-0.05, 0) is 33.8 Å². The van der Waals surface area contributed by atoms with Crippen molar-refractivity contribution in [3.05, 3.63) is 129 Å². The maximum atomic E-state index is 13.3. The van der Waals surface area contributed by atoms with Crippen LogP contribution in [-0.2, 0) is 31.0 Å². The molecule has 0 unspecified atom stereocenters. The lowest BCUT2D eigenvalue weighted by molar-refractivity contribution is -0.155. The topological polar surface area (TPSA) is 99.6 Å². The molecule has 1 aliphatic heterocycles. The summed E-state index contributed by atoms with van der Waals surface area (Å²) in [5, 5.41) is 2.02. The number of H-pyrrole nitrogens is 1. The molecule has 8 nitrogen and oxygen atoms in total. The molecular weight excluding hydrogens is 584 g/mol. The fourth-order valence-corrected chi connectivity index (χ4v) is 11.1. The van der Waals surface area contributed by atoms with Crippen LogP contribution in [0.25, 0.3) is 0 Å². The minimum Gasteiger partial charge on any atom is -0.405 e. The molecule has 1 aromatic heterocycles. The molecule has 0 amide bonds. The van der Waals surface area contributed by atoms with Crippen LogP contribution in [0.15, 0.2) is 107 Å². The number of carbonyl (C=O) groups is 1. The van der Waals surface area contributed by atoms with Gasteiger partial charge in [0.1, 0.15) is 6.29 Å². The number of aromatic amines is 1. The highest BCUT2D eigenvalue weighted by atomic mass is 28.4. The smallest absolute Gasteiger partial charge is 0.330 e. The molecule has 1 saturated heterocycles. The number of ether oxygens (including phenoxy) is 2. The minimum absolute atomic E-state index is 0.0400. The van der Waals surface area contributed by atoms with Crippen molar-refractivity contribution in [2.75, 3.05) is 13.2 Å². The molecule has 0 radical (unpaired) electrons. The van der Waals surface area contributed by atoms with Gasteiger partial charge >= 0.3 is 5.69 Å². The van der Waals surface area contributed by atoms with Crippen molar-refractivity contribution in [2.24, 2.45) is 5.92 Å². The van der Waals surface area contributed by atoms with Crippen molar-refractivity contribution in [3.63, 3.8) is 0 Å². The number of aromatic nitrogens is 2. The number of rotatable bonds is 12. The first-order chi connectivity index (χ1) is 21.6. The molecular formula is C36H42N2O6Si. The minimum atomic E-state index is -2.91. The molecule has 3 atom stereocenters. The third-order valence-corrected chi connectivity index (χ3v) is 13.8. The number of aryl methyl sites for hydroxylation is 1. The predicted molar refractivity (Wildman–Crippen MR) is 177 cm³/mol. The van der Waals surface area contributed by atoms with E-state index in [-0.39, 0.29) is 30.6 Å². The van der Waals surface area contributed by atoms with E-state index in [0.29, 0.717) is 18.6 Å². The fourth-order valence-electron chi connectivity index (χ4n) is 6.55. The van der Waals surface area contributed by atoms with Crippen LogP contribution in [0, 0.1) is 12.8 Å². The highest BCUT2D eigenvalue weighted by molar-refractivity contribution is 6.99. The van der Waals surface area contributed by atoms with Crippen molar-refractivity contribution in [2.45, 2.75) is 64.0 Å². The zero-order valence-corrected chi connectivity index (χ0v) is 27.4. The van der Waals surface area contributed by atoms with Gasteiger partial charge in [0, 0.05) is 24.6 Å². The predicted octanol–water partition coefficient (Wildman–Crippen LogP) is 4.29. The molecule has 1 fully saturated rings. The van der Waals surface area contributed by atoms with Gasteiger partial charge in [0.2, 0.25) is 0 Å². The molecule has 3 aromatic carbocycles. The van der Waals surface area contributed by atoms with Crippen molar-refractivity contribution in [1.82, 2.24) is 9.55 Å². The van der Waals surface area contributed by atoms with E-state index in [4.69, 9.17) is 13.9 Å². The summed E-state index contributed by atoms with van der Waals surface area (Å²) in [7, 11) is -2.91. The van der Waals surface area contributed by atoms with Gasteiger partial charge in [-0.15, -0.1) is 0 Å². The third-order valence-electron chi connectivity index (χ3n) is 8.76. The molecule has 0 aliphatic carbocycles. The van der Waals surface area contributed by atoms with E-state index in [1.807, 2.05) is 66.7 Å².